The van der Waals surface area contributed by atoms with E-state index in [2.05, 4.69) is 10.0 Å². The van der Waals surface area contributed by atoms with E-state index in [1.807, 2.05) is 32.0 Å². The smallest absolute Gasteiger partial charge is 0.255 e. The van der Waals surface area contributed by atoms with Crippen LogP contribution < -0.4 is 15.8 Å². The fourth-order valence-electron chi connectivity index (χ4n) is 4.54. The lowest BCUT2D eigenvalue weighted by Gasteiger charge is -2.33. The second kappa shape index (κ2) is 10.8. The Morgan fingerprint density at radius 3 is 2.31 bits per heavy atom. The van der Waals surface area contributed by atoms with E-state index in [4.69, 9.17) is 5.73 Å². The minimum absolute atomic E-state index is 0.0897. The van der Waals surface area contributed by atoms with E-state index in [0.29, 0.717) is 54.4 Å². The van der Waals surface area contributed by atoms with E-state index < -0.39 is 16.1 Å². The highest BCUT2D eigenvalue weighted by molar-refractivity contribution is 7.89. The molecule has 9 heteroatoms. The number of piperidine rings is 1. The van der Waals surface area contributed by atoms with Gasteiger partial charge >= 0.3 is 0 Å². The van der Waals surface area contributed by atoms with Crippen molar-refractivity contribution in [3.8, 4) is 0 Å². The maximum Gasteiger partial charge on any atom is 0.255 e. The molecule has 4 rings (SSSR count). The maximum absolute atomic E-state index is 13.4. The summed E-state index contributed by atoms with van der Waals surface area (Å²) in [7, 11) is -3.84. The van der Waals surface area contributed by atoms with Crippen LogP contribution in [-0.4, -0.2) is 50.3 Å². The van der Waals surface area contributed by atoms with E-state index in [0.717, 1.165) is 5.56 Å². The van der Waals surface area contributed by atoms with Crippen molar-refractivity contribution in [2.24, 2.45) is 5.73 Å². The summed E-state index contributed by atoms with van der Waals surface area (Å²) in [5, 5.41) is 4.09. The van der Waals surface area contributed by atoms with Crippen LogP contribution in [0.15, 0.2) is 65.6 Å². The number of benzene rings is 3. The third-order valence-electron chi connectivity index (χ3n) is 6.70. The maximum atomic E-state index is 13.4. The molecule has 8 nitrogen and oxygen atoms in total. The highest BCUT2D eigenvalue weighted by atomic mass is 32.2. The number of fused-ring (bicyclic) bond motifs is 1. The molecule has 1 unspecified atom stereocenters. The van der Waals surface area contributed by atoms with Crippen molar-refractivity contribution < 1.29 is 18.0 Å². The zero-order chi connectivity index (χ0) is 25.9. The Kier molecular flexibility index (Phi) is 7.73. The van der Waals surface area contributed by atoms with Crippen molar-refractivity contribution in [1.29, 1.82) is 0 Å². The molecular formula is C27H32N4O4S. The van der Waals surface area contributed by atoms with E-state index >= 15 is 0 Å². The van der Waals surface area contributed by atoms with Crippen LogP contribution in [-0.2, 0) is 14.8 Å². The molecule has 1 atom stereocenters. The van der Waals surface area contributed by atoms with Crippen molar-refractivity contribution in [3.63, 3.8) is 0 Å². The van der Waals surface area contributed by atoms with Gasteiger partial charge < -0.3 is 16.0 Å². The molecule has 36 heavy (non-hydrogen) atoms. The summed E-state index contributed by atoms with van der Waals surface area (Å²) >= 11 is 0. The number of carbonyl (C=O) groups excluding carboxylic acids is 2. The summed E-state index contributed by atoms with van der Waals surface area (Å²) in [4.78, 5) is 27.1. The van der Waals surface area contributed by atoms with Gasteiger partial charge in [0, 0.05) is 41.2 Å². The minimum atomic E-state index is -3.84. The molecule has 0 aromatic heterocycles. The van der Waals surface area contributed by atoms with Crippen LogP contribution >= 0.6 is 0 Å². The Hall–Kier alpha value is -3.27. The number of amides is 2. The number of likely N-dealkylation sites (tertiary alicyclic amines) is 1. The number of anilines is 1. The summed E-state index contributed by atoms with van der Waals surface area (Å²) < 4.78 is 29.6. The van der Waals surface area contributed by atoms with Crippen LogP contribution in [0.5, 0.6) is 0 Å². The molecule has 4 N–H and O–H groups in total. The number of aryl methyl sites for hydroxylation is 1. The van der Waals surface area contributed by atoms with Gasteiger partial charge in [-0.3, -0.25) is 9.59 Å². The van der Waals surface area contributed by atoms with Crippen molar-refractivity contribution in [3.05, 3.63) is 71.8 Å². The number of hydrogen-bond acceptors (Lipinski definition) is 5. The second-order valence-corrected chi connectivity index (χ2v) is 10.8. The molecule has 0 spiro atoms. The summed E-state index contributed by atoms with van der Waals surface area (Å²) in [5.41, 5.74) is 7.82. The highest BCUT2D eigenvalue weighted by Gasteiger charge is 2.29. The van der Waals surface area contributed by atoms with Crippen molar-refractivity contribution in [2.45, 2.75) is 50.1 Å². The molecule has 1 aliphatic heterocycles. The number of sulfonamides is 1. The van der Waals surface area contributed by atoms with Crippen molar-refractivity contribution in [1.82, 2.24) is 9.62 Å². The molecule has 2 amide bonds. The molecule has 1 fully saturated rings. The van der Waals surface area contributed by atoms with Crippen molar-refractivity contribution in [2.75, 3.05) is 18.4 Å². The summed E-state index contributed by atoms with van der Waals surface area (Å²) in [5.74, 6) is -0.343. The van der Waals surface area contributed by atoms with Crippen molar-refractivity contribution >= 4 is 38.3 Å². The fraction of sp³-hybridized carbons (Fsp3) is 0.333. The zero-order valence-corrected chi connectivity index (χ0v) is 21.3. The monoisotopic (exact) mass is 508 g/mol. The minimum Gasteiger partial charge on any atom is -0.341 e. The lowest BCUT2D eigenvalue weighted by Crippen LogP contribution is -2.50. The average molecular weight is 509 g/mol. The number of carbonyl (C=O) groups is 2. The van der Waals surface area contributed by atoms with Crippen LogP contribution in [0.2, 0.25) is 0 Å². The molecule has 0 radical (unpaired) electrons. The Balaban J connectivity index is 1.53. The summed E-state index contributed by atoms with van der Waals surface area (Å²) in [6.45, 7) is 4.66. The van der Waals surface area contributed by atoms with Gasteiger partial charge in [-0.05, 0) is 49.9 Å². The predicted molar refractivity (Wildman–Crippen MR) is 141 cm³/mol. The molecule has 0 saturated carbocycles. The number of hydrogen-bond donors (Lipinski definition) is 3. The van der Waals surface area contributed by atoms with Gasteiger partial charge in [0.15, 0.2) is 0 Å². The SMILES string of the molecule is CCC(N)C(=O)N1CCC(NS(=O)(=O)c2ccc(NC(=O)c3ccccc3C)c3ccccc23)CC1. The normalized spacial score (nSPS) is 15.6. The molecule has 190 valence electrons. The molecule has 3 aromatic rings. The quantitative estimate of drug-likeness (QED) is 0.452. The van der Waals surface area contributed by atoms with Gasteiger partial charge in [0.2, 0.25) is 15.9 Å². The number of nitrogens with zero attached hydrogens (tertiary/aromatic N) is 1. The molecule has 3 aromatic carbocycles. The third-order valence-corrected chi connectivity index (χ3v) is 8.28. The van der Waals surface area contributed by atoms with E-state index in [1.165, 1.54) is 6.07 Å². The van der Waals surface area contributed by atoms with Crippen LogP contribution in [0.25, 0.3) is 10.8 Å². The van der Waals surface area contributed by atoms with Gasteiger partial charge in [0.1, 0.15) is 0 Å². The summed E-state index contributed by atoms with van der Waals surface area (Å²) in [6.07, 6.45) is 1.60. The van der Waals surface area contributed by atoms with Gasteiger partial charge in [-0.15, -0.1) is 0 Å². The second-order valence-electron chi connectivity index (χ2n) is 9.16. The number of rotatable bonds is 7. The topological polar surface area (TPSA) is 122 Å². The first-order valence-corrected chi connectivity index (χ1v) is 13.6. The molecule has 0 bridgehead atoms. The molecule has 1 heterocycles. The first kappa shape index (κ1) is 25.8. The van der Waals surface area contributed by atoms with E-state index in [1.54, 1.807) is 41.3 Å². The van der Waals surface area contributed by atoms with Crippen LogP contribution in [0.4, 0.5) is 5.69 Å². The third kappa shape index (κ3) is 5.43. The van der Waals surface area contributed by atoms with E-state index in [9.17, 15) is 18.0 Å². The average Bonchev–Trinajstić information content (AvgIpc) is 2.88. The fourth-order valence-corrected chi connectivity index (χ4v) is 6.06. The van der Waals surface area contributed by atoms with Gasteiger partial charge in [-0.2, -0.15) is 0 Å². The summed E-state index contributed by atoms with van der Waals surface area (Å²) in [6, 6.07) is 16.8. The highest BCUT2D eigenvalue weighted by Crippen LogP contribution is 2.30. The van der Waals surface area contributed by atoms with E-state index in [-0.39, 0.29) is 22.8 Å². The largest absolute Gasteiger partial charge is 0.341 e. The standard InChI is InChI=1S/C27H32N4O4S/c1-3-23(28)27(33)31-16-14-19(15-17-31)30-36(34,35)25-13-12-24(21-10-6-7-11-22(21)25)29-26(32)20-9-5-4-8-18(20)2/h4-13,19,23,30H,3,14-17,28H2,1-2H3,(H,29,32). The van der Waals surface area contributed by atoms with Crippen LogP contribution in [0.3, 0.4) is 0 Å². The first-order chi connectivity index (χ1) is 17.2. The molecule has 1 aliphatic rings. The first-order valence-electron chi connectivity index (χ1n) is 12.2. The molecule has 1 saturated heterocycles. The number of nitrogens with two attached hydrogens (primary N) is 1. The lowest BCUT2D eigenvalue weighted by atomic mass is 10.0. The predicted octanol–water partition coefficient (Wildman–Crippen LogP) is 3.41. The molecular weight excluding hydrogens is 476 g/mol. The van der Waals surface area contributed by atoms with Crippen LogP contribution in [0, 0.1) is 6.92 Å². The van der Waals surface area contributed by atoms with Gasteiger partial charge in [0.05, 0.1) is 10.9 Å². The van der Waals surface area contributed by atoms with Gasteiger partial charge in [0.25, 0.3) is 5.91 Å². The Morgan fingerprint density at radius 1 is 1.00 bits per heavy atom. The Labute approximate surface area is 211 Å². The Bertz CT molecular complexity index is 1380. The number of nitrogens with one attached hydrogen (secondary N) is 2. The van der Waals surface area contributed by atoms with Gasteiger partial charge in [-0.25, -0.2) is 13.1 Å². The zero-order valence-electron chi connectivity index (χ0n) is 20.5. The molecule has 0 aliphatic carbocycles. The lowest BCUT2D eigenvalue weighted by molar-refractivity contribution is -0.133. The Morgan fingerprint density at radius 2 is 1.64 bits per heavy atom. The van der Waals surface area contributed by atoms with Crippen LogP contribution in [0.1, 0.15) is 42.1 Å². The van der Waals surface area contributed by atoms with Gasteiger partial charge in [-0.1, -0.05) is 49.4 Å².